The van der Waals surface area contributed by atoms with Gasteiger partial charge in [0.25, 0.3) is 0 Å². The maximum absolute atomic E-state index is 10.3. The lowest BCUT2D eigenvalue weighted by Gasteiger charge is -2.14. The minimum Gasteiger partial charge on any atom is -0.436 e. The second-order valence-corrected chi connectivity index (χ2v) is 7.85. The average molecular weight is 452 g/mol. The molecule has 10 heteroatoms. The summed E-state index contributed by atoms with van der Waals surface area (Å²) < 4.78 is 9.06. The molecule has 5 rings (SSSR count). The van der Waals surface area contributed by atoms with Crippen molar-refractivity contribution in [1.82, 2.24) is 34.6 Å². The monoisotopic (exact) mass is 452 g/mol. The highest BCUT2D eigenvalue weighted by Crippen LogP contribution is 2.30. The number of nitriles is 1. The third-order valence-corrected chi connectivity index (χ3v) is 5.32. The van der Waals surface area contributed by atoms with E-state index in [9.17, 15) is 10.4 Å². The Balaban J connectivity index is 1.55. The van der Waals surface area contributed by atoms with Crippen LogP contribution in [-0.2, 0) is 0 Å². The number of hydrogen-bond donors (Lipinski definition) is 1. The maximum Gasteiger partial charge on any atom is 0.238 e. The molecule has 1 atom stereocenters. The summed E-state index contributed by atoms with van der Waals surface area (Å²) in [6, 6.07) is 14.7. The van der Waals surface area contributed by atoms with Gasteiger partial charge in [-0.2, -0.15) is 20.6 Å². The Bertz CT molecular complexity index is 1540. The molecule has 0 saturated carbocycles. The largest absolute Gasteiger partial charge is 0.436 e. The zero-order valence-electron chi connectivity index (χ0n) is 18.7. The number of ether oxygens (including phenoxy) is 1. The molecular formula is C24H20N8O2. The minimum atomic E-state index is -0.765. The summed E-state index contributed by atoms with van der Waals surface area (Å²) in [6.07, 6.45) is 2.71. The summed E-state index contributed by atoms with van der Waals surface area (Å²) in [5.41, 5.74) is 4.70. The molecule has 0 aromatic carbocycles. The third-order valence-electron chi connectivity index (χ3n) is 5.32. The molecule has 0 bridgehead atoms. The van der Waals surface area contributed by atoms with Crippen LogP contribution in [-0.4, -0.2) is 39.7 Å². The molecule has 0 amide bonds. The Hall–Kier alpha value is -4.62. The van der Waals surface area contributed by atoms with Crippen LogP contribution in [0.3, 0.4) is 0 Å². The smallest absolute Gasteiger partial charge is 0.238 e. The first-order chi connectivity index (χ1) is 16.4. The number of aryl methyl sites for hydroxylation is 2. The number of aliphatic hydroxyl groups is 1. The zero-order valence-corrected chi connectivity index (χ0v) is 18.7. The molecule has 5 aromatic rings. The highest BCUT2D eigenvalue weighted by atomic mass is 16.5. The lowest BCUT2D eigenvalue weighted by molar-refractivity contribution is 0.198. The van der Waals surface area contributed by atoms with Gasteiger partial charge in [-0.15, -0.1) is 5.10 Å². The Labute approximate surface area is 194 Å². The van der Waals surface area contributed by atoms with Gasteiger partial charge in [-0.25, -0.2) is 14.2 Å². The summed E-state index contributed by atoms with van der Waals surface area (Å²) in [4.78, 5) is 4.79. The number of rotatable bonds is 5. The molecule has 0 unspecified atom stereocenters. The number of nitrogens with zero attached hydrogens (tertiary/aromatic N) is 8. The Morgan fingerprint density at radius 2 is 1.94 bits per heavy atom. The first-order valence-corrected chi connectivity index (χ1v) is 10.5. The van der Waals surface area contributed by atoms with Crippen LogP contribution in [0.1, 0.15) is 35.7 Å². The summed E-state index contributed by atoms with van der Waals surface area (Å²) in [5, 5.41) is 36.3. The molecule has 0 spiro atoms. The second-order valence-electron chi connectivity index (χ2n) is 7.85. The van der Waals surface area contributed by atoms with Crippen LogP contribution in [0.15, 0.2) is 54.9 Å². The van der Waals surface area contributed by atoms with Crippen molar-refractivity contribution < 1.29 is 9.84 Å². The lowest BCUT2D eigenvalue weighted by Crippen LogP contribution is -2.09. The van der Waals surface area contributed by atoms with Crippen LogP contribution < -0.4 is 4.74 Å². The Morgan fingerprint density at radius 1 is 1.09 bits per heavy atom. The van der Waals surface area contributed by atoms with E-state index in [0.717, 1.165) is 22.5 Å². The molecule has 0 aliphatic heterocycles. The fraction of sp³-hybridized carbons (Fsp3) is 0.167. The number of fused-ring (bicyclic) bond motifs is 1. The van der Waals surface area contributed by atoms with Crippen molar-refractivity contribution in [2.75, 3.05) is 0 Å². The van der Waals surface area contributed by atoms with Gasteiger partial charge in [-0.05, 0) is 51.1 Å². The molecule has 0 saturated heterocycles. The van der Waals surface area contributed by atoms with Gasteiger partial charge in [0.15, 0.2) is 11.5 Å². The van der Waals surface area contributed by atoms with E-state index in [2.05, 4.69) is 20.4 Å². The van der Waals surface area contributed by atoms with Crippen LogP contribution in [0.25, 0.3) is 22.6 Å². The van der Waals surface area contributed by atoms with E-state index in [0.29, 0.717) is 28.7 Å². The molecule has 34 heavy (non-hydrogen) atoms. The van der Waals surface area contributed by atoms with E-state index >= 15 is 0 Å². The highest BCUT2D eigenvalue weighted by Gasteiger charge is 2.18. The summed E-state index contributed by atoms with van der Waals surface area (Å²) in [7, 11) is 0. The van der Waals surface area contributed by atoms with Gasteiger partial charge in [0.2, 0.25) is 5.88 Å². The molecule has 0 aliphatic carbocycles. The highest BCUT2D eigenvalue weighted by molar-refractivity contribution is 5.78. The molecule has 168 valence electrons. The minimum absolute atomic E-state index is 0.281. The standard InChI is InChI=1S/C24H20N8O2/c1-14-4-9-23(29-28-14)34-18-5-8-22-20(12-26-31(22)13-18)21-7-6-19(16(3)33)24(27-21)32-15(2)10-17(11-25)30-32/h4-10,12-13,16,33H,1-3H3/t16-/m0/s1. The lowest BCUT2D eigenvalue weighted by atomic mass is 10.1. The van der Waals surface area contributed by atoms with Crippen LogP contribution >= 0.6 is 0 Å². The van der Waals surface area contributed by atoms with E-state index in [4.69, 9.17) is 9.72 Å². The topological polar surface area (TPSA) is 127 Å². The van der Waals surface area contributed by atoms with Crippen LogP contribution in [0.5, 0.6) is 11.6 Å². The van der Waals surface area contributed by atoms with Crippen LogP contribution in [0, 0.1) is 25.2 Å². The van der Waals surface area contributed by atoms with E-state index in [1.54, 1.807) is 40.6 Å². The first kappa shape index (κ1) is 21.2. The third kappa shape index (κ3) is 3.85. The Morgan fingerprint density at radius 3 is 2.65 bits per heavy atom. The van der Waals surface area contributed by atoms with Crippen LogP contribution in [0.2, 0.25) is 0 Å². The van der Waals surface area contributed by atoms with Gasteiger partial charge in [0, 0.05) is 22.9 Å². The molecule has 0 radical (unpaired) electrons. The predicted molar refractivity (Wildman–Crippen MR) is 122 cm³/mol. The number of pyridine rings is 2. The van der Waals surface area contributed by atoms with Gasteiger partial charge in [0.1, 0.15) is 11.8 Å². The number of aliphatic hydroxyl groups excluding tert-OH is 1. The van der Waals surface area contributed by atoms with Gasteiger partial charge < -0.3 is 9.84 Å². The van der Waals surface area contributed by atoms with E-state index in [1.165, 1.54) is 0 Å². The van der Waals surface area contributed by atoms with Crippen molar-refractivity contribution in [3.63, 3.8) is 0 Å². The van der Waals surface area contributed by atoms with Crippen molar-refractivity contribution in [1.29, 1.82) is 5.26 Å². The Kier molecular flexibility index (Phi) is 5.24. The molecule has 10 nitrogen and oxygen atoms in total. The molecule has 1 N–H and O–H groups in total. The molecular weight excluding hydrogens is 432 g/mol. The van der Waals surface area contributed by atoms with E-state index < -0.39 is 6.10 Å². The SMILES string of the molecule is Cc1ccc(Oc2ccc3c(-c4ccc([C@H](C)O)c(-n5nc(C#N)cc5C)n4)cnn3c2)nn1. The number of hydrogen-bond acceptors (Lipinski definition) is 8. The van der Waals surface area contributed by atoms with Gasteiger partial charge in [0.05, 0.1) is 35.4 Å². The van der Waals surface area contributed by atoms with Crippen molar-refractivity contribution in [3.05, 3.63) is 77.5 Å². The maximum atomic E-state index is 10.3. The van der Waals surface area contributed by atoms with Crippen molar-refractivity contribution in [2.45, 2.75) is 26.9 Å². The molecule has 0 aliphatic rings. The fourth-order valence-electron chi connectivity index (χ4n) is 3.63. The number of aromatic nitrogens is 7. The molecule has 0 fully saturated rings. The average Bonchev–Trinajstić information content (AvgIpc) is 3.43. The van der Waals surface area contributed by atoms with Gasteiger partial charge in [-0.1, -0.05) is 6.07 Å². The molecule has 5 aromatic heterocycles. The molecule has 5 heterocycles. The first-order valence-electron chi connectivity index (χ1n) is 10.5. The van der Waals surface area contributed by atoms with Crippen molar-refractivity contribution >= 4 is 5.52 Å². The summed E-state index contributed by atoms with van der Waals surface area (Å²) >= 11 is 0. The fourth-order valence-corrected chi connectivity index (χ4v) is 3.63. The van der Waals surface area contributed by atoms with Gasteiger partial charge in [-0.3, -0.25) is 0 Å². The quantitative estimate of drug-likeness (QED) is 0.428. The second kappa shape index (κ2) is 8.38. The van der Waals surface area contributed by atoms with Crippen molar-refractivity contribution in [3.8, 4) is 34.8 Å². The van der Waals surface area contributed by atoms with E-state index in [-0.39, 0.29) is 5.69 Å². The van der Waals surface area contributed by atoms with Crippen LogP contribution in [0.4, 0.5) is 0 Å². The van der Waals surface area contributed by atoms with Crippen molar-refractivity contribution in [2.24, 2.45) is 0 Å². The van der Waals surface area contributed by atoms with E-state index in [1.807, 2.05) is 50.2 Å². The van der Waals surface area contributed by atoms with Gasteiger partial charge >= 0.3 is 0 Å². The normalized spacial score (nSPS) is 12.0. The zero-order chi connectivity index (χ0) is 23.8. The summed E-state index contributed by atoms with van der Waals surface area (Å²) in [6.45, 7) is 5.36. The summed E-state index contributed by atoms with van der Waals surface area (Å²) in [5.74, 6) is 1.42. The predicted octanol–water partition coefficient (Wildman–Crippen LogP) is 3.71.